The topological polar surface area (TPSA) is 108 Å². The Morgan fingerprint density at radius 2 is 2.00 bits per heavy atom. The van der Waals surface area contributed by atoms with Gasteiger partial charge in [0.15, 0.2) is 17.0 Å². The molecule has 2 aromatic heterocycles. The highest BCUT2D eigenvalue weighted by Gasteiger charge is 2.17. The molecule has 0 aliphatic carbocycles. The van der Waals surface area contributed by atoms with Crippen LogP contribution in [0.3, 0.4) is 0 Å². The summed E-state index contributed by atoms with van der Waals surface area (Å²) in [5, 5.41) is 0. The van der Waals surface area contributed by atoms with Gasteiger partial charge >= 0.3 is 0 Å². The predicted molar refractivity (Wildman–Crippen MR) is 62.9 cm³/mol. The van der Waals surface area contributed by atoms with Crippen LogP contribution >= 0.6 is 0 Å². The molecule has 8 heteroatoms. The van der Waals surface area contributed by atoms with Crippen LogP contribution in [-0.4, -0.2) is 45.9 Å². The number of anilines is 2. The Kier molecular flexibility index (Phi) is 2.22. The molecule has 3 heterocycles. The van der Waals surface area contributed by atoms with E-state index in [1.807, 2.05) is 4.90 Å². The van der Waals surface area contributed by atoms with Gasteiger partial charge in [-0.2, -0.15) is 9.97 Å². The van der Waals surface area contributed by atoms with Crippen LogP contribution in [0.4, 0.5) is 11.8 Å². The highest BCUT2D eigenvalue weighted by atomic mass is 16.5. The molecule has 8 nitrogen and oxygen atoms in total. The molecule has 0 unspecified atom stereocenters. The van der Waals surface area contributed by atoms with Crippen molar-refractivity contribution in [3.05, 3.63) is 6.33 Å². The zero-order valence-electron chi connectivity index (χ0n) is 9.20. The lowest BCUT2D eigenvalue weighted by Gasteiger charge is -2.26. The maximum atomic E-state index is 5.84. The van der Waals surface area contributed by atoms with Crippen molar-refractivity contribution in [1.82, 2.24) is 19.6 Å². The van der Waals surface area contributed by atoms with E-state index < -0.39 is 0 Å². The molecule has 1 fully saturated rings. The maximum absolute atomic E-state index is 5.84. The van der Waals surface area contributed by atoms with E-state index in [0.717, 1.165) is 13.1 Å². The number of nitrogen functional groups attached to an aromatic ring is 2. The molecule has 3 rings (SSSR count). The third-order valence-corrected chi connectivity index (χ3v) is 2.73. The van der Waals surface area contributed by atoms with E-state index >= 15 is 0 Å². The number of hydrogen-bond donors (Lipinski definition) is 2. The summed E-state index contributed by atoms with van der Waals surface area (Å²) in [6.07, 6.45) is 1.47. The number of hydrogen-bond acceptors (Lipinski definition) is 7. The second-order valence-electron chi connectivity index (χ2n) is 3.83. The van der Waals surface area contributed by atoms with Crippen molar-refractivity contribution in [2.45, 2.75) is 0 Å². The summed E-state index contributed by atoms with van der Waals surface area (Å²) in [4.78, 5) is 14.7. The normalized spacial score (nSPS) is 16.6. The standard InChI is InChI=1S/C9H13N7O/c10-7-6-8(16(11)5-12-6)14-9(13-7)15-1-3-17-4-2-15/h5H,1-4,11H2,(H2,10,13,14). The summed E-state index contributed by atoms with van der Waals surface area (Å²) in [6, 6.07) is 0. The molecule has 17 heavy (non-hydrogen) atoms. The minimum Gasteiger partial charge on any atom is -0.382 e. The highest BCUT2D eigenvalue weighted by Crippen LogP contribution is 2.19. The Bertz CT molecular complexity index is 546. The summed E-state index contributed by atoms with van der Waals surface area (Å²) >= 11 is 0. The first kappa shape index (κ1) is 10.1. The first-order valence-corrected chi connectivity index (χ1v) is 5.34. The quantitative estimate of drug-likeness (QED) is 0.607. The molecule has 0 atom stereocenters. The van der Waals surface area contributed by atoms with Crippen molar-refractivity contribution in [2.75, 3.05) is 42.8 Å². The lowest BCUT2D eigenvalue weighted by Crippen LogP contribution is -2.37. The maximum Gasteiger partial charge on any atom is 0.229 e. The summed E-state index contributed by atoms with van der Waals surface area (Å²) < 4.78 is 6.62. The summed E-state index contributed by atoms with van der Waals surface area (Å²) in [5.74, 6) is 6.63. The number of nitrogens with zero attached hydrogens (tertiary/aromatic N) is 5. The number of imidazole rings is 1. The van der Waals surface area contributed by atoms with Gasteiger partial charge < -0.3 is 21.2 Å². The van der Waals surface area contributed by atoms with Crippen molar-refractivity contribution in [3.8, 4) is 0 Å². The molecule has 1 aliphatic rings. The molecule has 2 aromatic rings. The van der Waals surface area contributed by atoms with Gasteiger partial charge in [-0.1, -0.05) is 0 Å². The molecule has 0 bridgehead atoms. The van der Waals surface area contributed by atoms with E-state index in [9.17, 15) is 0 Å². The van der Waals surface area contributed by atoms with Crippen LogP contribution in [-0.2, 0) is 4.74 Å². The average Bonchev–Trinajstić information content (AvgIpc) is 2.73. The molecule has 1 aliphatic heterocycles. The second kappa shape index (κ2) is 3.74. The highest BCUT2D eigenvalue weighted by molar-refractivity contribution is 5.82. The summed E-state index contributed by atoms with van der Waals surface area (Å²) in [6.45, 7) is 2.85. The van der Waals surface area contributed by atoms with E-state index in [0.29, 0.717) is 36.1 Å². The van der Waals surface area contributed by atoms with E-state index in [4.69, 9.17) is 16.3 Å². The van der Waals surface area contributed by atoms with Gasteiger partial charge in [0.05, 0.1) is 13.2 Å². The van der Waals surface area contributed by atoms with E-state index in [2.05, 4.69) is 15.0 Å². The average molecular weight is 235 g/mol. The predicted octanol–water partition coefficient (Wildman–Crippen LogP) is -1.04. The van der Waals surface area contributed by atoms with E-state index in [1.165, 1.54) is 11.0 Å². The zero-order chi connectivity index (χ0) is 11.8. The number of aromatic nitrogens is 4. The first-order chi connectivity index (χ1) is 8.25. The Hall–Kier alpha value is -2.09. The van der Waals surface area contributed by atoms with Gasteiger partial charge in [-0.3, -0.25) is 0 Å². The minimum absolute atomic E-state index is 0.348. The van der Waals surface area contributed by atoms with Crippen molar-refractivity contribution in [1.29, 1.82) is 0 Å². The van der Waals surface area contributed by atoms with Crippen LogP contribution in [0.1, 0.15) is 0 Å². The monoisotopic (exact) mass is 235 g/mol. The number of nitrogens with two attached hydrogens (primary N) is 2. The van der Waals surface area contributed by atoms with Crippen LogP contribution in [0.25, 0.3) is 11.2 Å². The first-order valence-electron chi connectivity index (χ1n) is 5.34. The third kappa shape index (κ3) is 1.62. The van der Waals surface area contributed by atoms with Gasteiger partial charge in [0, 0.05) is 13.1 Å². The molecular weight excluding hydrogens is 222 g/mol. The van der Waals surface area contributed by atoms with Crippen LogP contribution < -0.4 is 16.5 Å². The van der Waals surface area contributed by atoms with Crippen molar-refractivity contribution in [2.24, 2.45) is 0 Å². The van der Waals surface area contributed by atoms with Crippen LogP contribution in [0.2, 0.25) is 0 Å². The molecule has 0 amide bonds. The third-order valence-electron chi connectivity index (χ3n) is 2.73. The lowest BCUT2D eigenvalue weighted by atomic mass is 10.4. The minimum atomic E-state index is 0.348. The van der Waals surface area contributed by atoms with E-state index in [-0.39, 0.29) is 0 Å². The largest absolute Gasteiger partial charge is 0.382 e. The smallest absolute Gasteiger partial charge is 0.229 e. The molecule has 0 aromatic carbocycles. The number of ether oxygens (including phenoxy) is 1. The Balaban J connectivity index is 2.07. The van der Waals surface area contributed by atoms with E-state index in [1.54, 1.807) is 0 Å². The van der Waals surface area contributed by atoms with Gasteiger partial charge in [0.1, 0.15) is 6.33 Å². The molecule has 0 spiro atoms. The van der Waals surface area contributed by atoms with Crippen molar-refractivity contribution in [3.63, 3.8) is 0 Å². The lowest BCUT2D eigenvalue weighted by molar-refractivity contribution is 0.122. The van der Waals surface area contributed by atoms with Gasteiger partial charge in [0.2, 0.25) is 5.95 Å². The van der Waals surface area contributed by atoms with Crippen LogP contribution in [0, 0.1) is 0 Å². The molecule has 0 saturated carbocycles. The Morgan fingerprint density at radius 3 is 2.76 bits per heavy atom. The molecular formula is C9H13N7O. The second-order valence-corrected chi connectivity index (χ2v) is 3.83. The Labute approximate surface area is 97.2 Å². The fraction of sp³-hybridized carbons (Fsp3) is 0.444. The molecule has 1 saturated heterocycles. The van der Waals surface area contributed by atoms with Gasteiger partial charge in [-0.25, -0.2) is 9.66 Å². The van der Waals surface area contributed by atoms with Gasteiger partial charge in [-0.05, 0) is 0 Å². The molecule has 0 radical (unpaired) electrons. The fourth-order valence-electron chi connectivity index (χ4n) is 1.83. The summed E-state index contributed by atoms with van der Waals surface area (Å²) in [5.41, 5.74) is 6.91. The number of fused-ring (bicyclic) bond motifs is 1. The molecule has 90 valence electrons. The zero-order valence-corrected chi connectivity index (χ0v) is 9.20. The van der Waals surface area contributed by atoms with Crippen molar-refractivity contribution < 1.29 is 4.74 Å². The molecule has 4 N–H and O–H groups in total. The fourth-order valence-corrected chi connectivity index (χ4v) is 1.83. The number of rotatable bonds is 1. The summed E-state index contributed by atoms with van der Waals surface area (Å²) in [7, 11) is 0. The van der Waals surface area contributed by atoms with Gasteiger partial charge in [0.25, 0.3) is 0 Å². The van der Waals surface area contributed by atoms with Crippen LogP contribution in [0.5, 0.6) is 0 Å². The van der Waals surface area contributed by atoms with Gasteiger partial charge in [-0.15, -0.1) is 0 Å². The number of morpholine rings is 1. The van der Waals surface area contributed by atoms with Crippen LogP contribution in [0.15, 0.2) is 6.33 Å². The SMILES string of the molecule is Nc1nc(N2CCOCC2)nc2c1ncn2N. The van der Waals surface area contributed by atoms with Crippen molar-refractivity contribution >= 4 is 22.9 Å². The Morgan fingerprint density at radius 1 is 1.24 bits per heavy atom.